The molecule has 0 aliphatic heterocycles. The molecular weight excluding hydrogens is 388 g/mol. The second-order valence-electron chi connectivity index (χ2n) is 6.30. The lowest BCUT2D eigenvalue weighted by Crippen LogP contribution is -2.12. The molecule has 0 saturated heterocycles. The molecule has 0 fully saturated rings. The summed E-state index contributed by atoms with van der Waals surface area (Å²) in [7, 11) is -3.62. The maximum Gasteiger partial charge on any atom is 0.261 e. The normalized spacial score (nSPS) is 11.2. The molecule has 0 amide bonds. The number of nitrogens with zero attached hydrogens (tertiary/aromatic N) is 4. The van der Waals surface area contributed by atoms with Gasteiger partial charge in [0.1, 0.15) is 0 Å². The van der Waals surface area contributed by atoms with Crippen molar-refractivity contribution in [3.63, 3.8) is 0 Å². The molecule has 2 N–H and O–H groups in total. The highest BCUT2D eigenvalue weighted by Gasteiger charge is 2.13. The number of nitrogens with one attached hydrogen (secondary N) is 2. The molecule has 146 valence electrons. The summed E-state index contributed by atoms with van der Waals surface area (Å²) in [6.07, 6.45) is 1.82. The van der Waals surface area contributed by atoms with Crippen molar-refractivity contribution in [1.29, 1.82) is 0 Å². The van der Waals surface area contributed by atoms with E-state index in [4.69, 9.17) is 0 Å². The van der Waals surface area contributed by atoms with Gasteiger partial charge in [-0.3, -0.25) is 4.72 Å². The van der Waals surface area contributed by atoms with Crippen LogP contribution in [0.2, 0.25) is 0 Å². The van der Waals surface area contributed by atoms with Crippen LogP contribution in [-0.2, 0) is 10.0 Å². The highest BCUT2D eigenvalue weighted by atomic mass is 32.2. The van der Waals surface area contributed by atoms with E-state index in [2.05, 4.69) is 25.3 Å². The molecule has 2 aromatic carbocycles. The Hall–Kier alpha value is -3.72. The average molecular weight is 406 g/mol. The summed E-state index contributed by atoms with van der Waals surface area (Å²) in [5.74, 6) is 1.18. The summed E-state index contributed by atoms with van der Waals surface area (Å²) in [5.41, 5.74) is 2.12. The van der Waals surface area contributed by atoms with Gasteiger partial charge in [-0.05, 0) is 61.5 Å². The van der Waals surface area contributed by atoms with Gasteiger partial charge in [-0.15, -0.1) is 10.2 Å². The fraction of sp³-hybridized carbons (Fsp3) is 0.0500. The minimum Gasteiger partial charge on any atom is -0.339 e. The summed E-state index contributed by atoms with van der Waals surface area (Å²) >= 11 is 0. The maximum atomic E-state index is 12.4. The van der Waals surface area contributed by atoms with Crippen molar-refractivity contribution in [2.24, 2.45) is 0 Å². The predicted octanol–water partition coefficient (Wildman–Crippen LogP) is 3.52. The first-order valence-electron chi connectivity index (χ1n) is 8.81. The molecule has 4 rings (SSSR count). The Balaban J connectivity index is 1.43. The Labute approximate surface area is 168 Å². The highest BCUT2D eigenvalue weighted by Crippen LogP contribution is 2.20. The van der Waals surface area contributed by atoms with E-state index in [-0.39, 0.29) is 4.90 Å². The van der Waals surface area contributed by atoms with Gasteiger partial charge in [-0.1, -0.05) is 18.2 Å². The third-order valence-corrected chi connectivity index (χ3v) is 5.47. The third-order valence-electron chi connectivity index (χ3n) is 4.07. The Kier molecular flexibility index (Phi) is 4.96. The van der Waals surface area contributed by atoms with E-state index in [1.807, 2.05) is 25.3 Å². The number of sulfonamides is 1. The molecule has 9 heteroatoms. The van der Waals surface area contributed by atoms with Gasteiger partial charge in [0, 0.05) is 17.6 Å². The SMILES string of the molecule is Cc1ccn(-c2ccc(Nc3ccc(NS(=O)(=O)c4ccccc4)cc3)nn2)n1. The van der Waals surface area contributed by atoms with Crippen LogP contribution in [0.4, 0.5) is 17.2 Å². The molecule has 2 aromatic heterocycles. The molecule has 8 nitrogen and oxygen atoms in total. The Morgan fingerprint density at radius 3 is 2.17 bits per heavy atom. The molecular formula is C20H18N6O2S. The van der Waals surface area contributed by atoms with Crippen molar-refractivity contribution >= 4 is 27.2 Å². The van der Waals surface area contributed by atoms with Crippen LogP contribution in [0.25, 0.3) is 5.82 Å². The summed E-state index contributed by atoms with van der Waals surface area (Å²) in [6, 6.07) is 20.6. The Bertz CT molecular complexity index is 1200. The predicted molar refractivity (Wildman–Crippen MR) is 111 cm³/mol. The number of hydrogen-bond acceptors (Lipinski definition) is 6. The molecule has 0 radical (unpaired) electrons. The zero-order chi connectivity index (χ0) is 20.3. The van der Waals surface area contributed by atoms with Crippen LogP contribution in [0, 0.1) is 6.92 Å². The zero-order valence-corrected chi connectivity index (χ0v) is 16.3. The van der Waals surface area contributed by atoms with Crippen LogP contribution in [-0.4, -0.2) is 28.4 Å². The van der Waals surface area contributed by atoms with Gasteiger partial charge in [0.15, 0.2) is 11.6 Å². The van der Waals surface area contributed by atoms with Crippen molar-refractivity contribution in [3.8, 4) is 5.82 Å². The lowest BCUT2D eigenvalue weighted by Gasteiger charge is -2.10. The van der Waals surface area contributed by atoms with Crippen molar-refractivity contribution < 1.29 is 8.42 Å². The van der Waals surface area contributed by atoms with Crippen molar-refractivity contribution in [1.82, 2.24) is 20.0 Å². The zero-order valence-electron chi connectivity index (χ0n) is 15.5. The molecule has 0 atom stereocenters. The van der Waals surface area contributed by atoms with Gasteiger partial charge >= 0.3 is 0 Å². The fourth-order valence-corrected chi connectivity index (χ4v) is 3.72. The number of aryl methyl sites for hydroxylation is 1. The largest absolute Gasteiger partial charge is 0.339 e. The standard InChI is InChI=1S/C20H18N6O2S/c1-15-13-14-26(24-15)20-12-11-19(22-23-20)21-16-7-9-17(10-8-16)25-29(27,28)18-5-3-2-4-6-18/h2-14,25H,1H3,(H,21,22). The number of aromatic nitrogens is 4. The lowest BCUT2D eigenvalue weighted by molar-refractivity contribution is 0.601. The van der Waals surface area contributed by atoms with Crippen LogP contribution in [0.15, 0.2) is 83.9 Å². The van der Waals surface area contributed by atoms with Gasteiger partial charge in [0.25, 0.3) is 10.0 Å². The lowest BCUT2D eigenvalue weighted by atomic mass is 10.3. The fourth-order valence-electron chi connectivity index (χ4n) is 2.64. The van der Waals surface area contributed by atoms with Gasteiger partial charge < -0.3 is 5.32 Å². The molecule has 29 heavy (non-hydrogen) atoms. The van der Waals surface area contributed by atoms with Gasteiger partial charge in [-0.2, -0.15) is 5.10 Å². The molecule has 0 aliphatic rings. The summed E-state index contributed by atoms with van der Waals surface area (Å²) in [4.78, 5) is 0.213. The first-order chi connectivity index (χ1) is 14.0. The van der Waals surface area contributed by atoms with E-state index in [1.54, 1.807) is 65.3 Å². The van der Waals surface area contributed by atoms with E-state index < -0.39 is 10.0 Å². The van der Waals surface area contributed by atoms with Crippen molar-refractivity contribution in [2.75, 3.05) is 10.0 Å². The van der Waals surface area contributed by atoms with Gasteiger partial charge in [-0.25, -0.2) is 13.1 Å². The minimum atomic E-state index is -3.62. The molecule has 0 spiro atoms. The van der Waals surface area contributed by atoms with Gasteiger partial charge in [0.2, 0.25) is 0 Å². The molecule has 4 aromatic rings. The minimum absolute atomic E-state index is 0.213. The van der Waals surface area contributed by atoms with Crippen LogP contribution < -0.4 is 10.0 Å². The topological polar surface area (TPSA) is 102 Å². The molecule has 0 aliphatic carbocycles. The summed E-state index contributed by atoms with van der Waals surface area (Å²) in [5, 5.41) is 15.7. The molecule has 0 saturated carbocycles. The Morgan fingerprint density at radius 1 is 0.828 bits per heavy atom. The average Bonchev–Trinajstić information content (AvgIpc) is 3.17. The Morgan fingerprint density at radius 2 is 1.55 bits per heavy atom. The van der Waals surface area contributed by atoms with Crippen LogP contribution >= 0.6 is 0 Å². The smallest absolute Gasteiger partial charge is 0.261 e. The molecule has 0 bridgehead atoms. The van der Waals surface area contributed by atoms with E-state index in [9.17, 15) is 8.42 Å². The first-order valence-corrected chi connectivity index (χ1v) is 10.3. The van der Waals surface area contributed by atoms with Crippen LogP contribution in [0.5, 0.6) is 0 Å². The summed E-state index contributed by atoms with van der Waals surface area (Å²) in [6.45, 7) is 1.91. The maximum absolute atomic E-state index is 12.4. The number of benzene rings is 2. The van der Waals surface area contributed by atoms with E-state index >= 15 is 0 Å². The first kappa shape index (κ1) is 18.6. The van der Waals surface area contributed by atoms with Crippen LogP contribution in [0.3, 0.4) is 0 Å². The molecule has 2 heterocycles. The second-order valence-corrected chi connectivity index (χ2v) is 7.98. The molecule has 0 unspecified atom stereocenters. The monoisotopic (exact) mass is 406 g/mol. The highest BCUT2D eigenvalue weighted by molar-refractivity contribution is 7.92. The van der Waals surface area contributed by atoms with Crippen molar-refractivity contribution in [2.45, 2.75) is 11.8 Å². The number of hydrogen-bond donors (Lipinski definition) is 2. The van der Waals surface area contributed by atoms with E-state index in [0.717, 1.165) is 11.4 Å². The van der Waals surface area contributed by atoms with E-state index in [0.29, 0.717) is 17.3 Å². The van der Waals surface area contributed by atoms with Crippen molar-refractivity contribution in [3.05, 3.63) is 84.7 Å². The second kappa shape index (κ2) is 7.72. The number of rotatable bonds is 6. The van der Waals surface area contributed by atoms with Gasteiger partial charge in [0.05, 0.1) is 10.6 Å². The van der Waals surface area contributed by atoms with Crippen LogP contribution in [0.1, 0.15) is 5.69 Å². The van der Waals surface area contributed by atoms with E-state index in [1.165, 1.54) is 0 Å². The third kappa shape index (κ3) is 4.41. The number of anilines is 3. The summed E-state index contributed by atoms with van der Waals surface area (Å²) < 4.78 is 29.0. The quantitative estimate of drug-likeness (QED) is 0.508.